The average molecular weight is 216 g/mol. The maximum absolute atomic E-state index is 11.6. The minimum atomic E-state index is -3.14. The van der Waals surface area contributed by atoms with E-state index in [1.807, 2.05) is 13.8 Å². The summed E-state index contributed by atoms with van der Waals surface area (Å²) in [5.41, 5.74) is 0. The van der Waals surface area contributed by atoms with Crippen molar-refractivity contribution in [2.45, 2.75) is 24.0 Å². The van der Waals surface area contributed by atoms with Crippen molar-refractivity contribution in [3.8, 4) is 0 Å². The lowest BCUT2D eigenvalue weighted by Gasteiger charge is -2.05. The van der Waals surface area contributed by atoms with E-state index in [1.165, 1.54) is 0 Å². The second kappa shape index (κ2) is 4.15. The van der Waals surface area contributed by atoms with Crippen LogP contribution in [-0.2, 0) is 8.87 Å². The van der Waals surface area contributed by atoms with Crippen LogP contribution in [-0.4, -0.2) is 13.7 Å². The molecule has 1 rings (SSSR count). The standard InChI is InChI=1S/C9H12O2S2/c1-8(2)12-13(10,11)9-6-4-3-5-7-9/h3-8H,1-2H3. The molecular formula is C9H12O2S2. The number of benzene rings is 1. The van der Waals surface area contributed by atoms with Gasteiger partial charge in [0.25, 0.3) is 0 Å². The molecule has 0 spiro atoms. The van der Waals surface area contributed by atoms with E-state index in [0.717, 1.165) is 10.8 Å². The molecule has 0 bridgehead atoms. The predicted octanol–water partition coefficient (Wildman–Crippen LogP) is 2.52. The molecule has 13 heavy (non-hydrogen) atoms. The molecular weight excluding hydrogens is 204 g/mol. The highest BCUT2D eigenvalue weighted by molar-refractivity contribution is 8.72. The molecule has 0 aliphatic rings. The van der Waals surface area contributed by atoms with Gasteiger partial charge in [-0.3, -0.25) is 0 Å². The van der Waals surface area contributed by atoms with Crippen molar-refractivity contribution >= 4 is 19.7 Å². The Balaban J connectivity index is 2.96. The molecule has 1 aromatic carbocycles. The van der Waals surface area contributed by atoms with Gasteiger partial charge in [-0.05, 0) is 22.9 Å². The summed E-state index contributed by atoms with van der Waals surface area (Å²) in [7, 11) is -2.16. The van der Waals surface area contributed by atoms with Gasteiger partial charge in [-0.1, -0.05) is 32.0 Å². The van der Waals surface area contributed by atoms with E-state index in [-0.39, 0.29) is 5.25 Å². The molecule has 0 saturated carbocycles. The molecule has 0 heterocycles. The highest BCUT2D eigenvalue weighted by Gasteiger charge is 2.15. The van der Waals surface area contributed by atoms with Gasteiger partial charge < -0.3 is 0 Å². The largest absolute Gasteiger partial charge is 0.230 e. The van der Waals surface area contributed by atoms with Crippen LogP contribution < -0.4 is 0 Å². The van der Waals surface area contributed by atoms with Crippen molar-refractivity contribution in [3.05, 3.63) is 30.3 Å². The fourth-order valence-electron chi connectivity index (χ4n) is 0.896. The molecule has 4 heteroatoms. The molecule has 0 aliphatic carbocycles. The fraction of sp³-hybridized carbons (Fsp3) is 0.333. The van der Waals surface area contributed by atoms with E-state index >= 15 is 0 Å². The van der Waals surface area contributed by atoms with Gasteiger partial charge in [0.1, 0.15) is 0 Å². The second-order valence-electron chi connectivity index (χ2n) is 2.91. The summed E-state index contributed by atoms with van der Waals surface area (Å²) < 4.78 is 23.2. The van der Waals surface area contributed by atoms with E-state index in [9.17, 15) is 8.42 Å². The summed E-state index contributed by atoms with van der Waals surface area (Å²) in [5.74, 6) is 0. The molecule has 2 nitrogen and oxygen atoms in total. The highest BCUT2D eigenvalue weighted by atomic mass is 33.1. The van der Waals surface area contributed by atoms with Crippen LogP contribution in [0.4, 0.5) is 0 Å². The first kappa shape index (κ1) is 10.6. The Labute approximate surface area is 82.7 Å². The molecule has 1 aromatic rings. The quantitative estimate of drug-likeness (QED) is 0.728. The molecule has 0 fully saturated rings. The van der Waals surface area contributed by atoms with Gasteiger partial charge in [-0.25, -0.2) is 8.42 Å². The maximum atomic E-state index is 11.6. The van der Waals surface area contributed by atoms with Crippen molar-refractivity contribution in [2.24, 2.45) is 0 Å². The van der Waals surface area contributed by atoms with Crippen LogP contribution in [0, 0.1) is 0 Å². The van der Waals surface area contributed by atoms with Gasteiger partial charge in [0.05, 0.1) is 4.90 Å². The third kappa shape index (κ3) is 3.04. The lowest BCUT2D eigenvalue weighted by atomic mass is 10.4. The SMILES string of the molecule is CC(C)SS(=O)(=O)c1ccccc1. The van der Waals surface area contributed by atoms with Crippen LogP contribution in [0.15, 0.2) is 35.2 Å². The summed E-state index contributed by atoms with van der Waals surface area (Å²) in [6.45, 7) is 3.73. The summed E-state index contributed by atoms with van der Waals surface area (Å²) >= 11 is 0. The van der Waals surface area contributed by atoms with Crippen LogP contribution in [0.2, 0.25) is 0 Å². The van der Waals surface area contributed by atoms with Crippen molar-refractivity contribution in [2.75, 3.05) is 0 Å². The van der Waals surface area contributed by atoms with Gasteiger partial charge in [-0.15, -0.1) is 0 Å². The van der Waals surface area contributed by atoms with Crippen LogP contribution >= 0.6 is 10.8 Å². The Bertz CT molecular complexity index is 354. The van der Waals surface area contributed by atoms with Crippen LogP contribution in [0.1, 0.15) is 13.8 Å². The van der Waals surface area contributed by atoms with E-state index in [4.69, 9.17) is 0 Å². The van der Waals surface area contributed by atoms with E-state index < -0.39 is 8.87 Å². The molecule has 0 radical (unpaired) electrons. The van der Waals surface area contributed by atoms with Crippen molar-refractivity contribution in [1.29, 1.82) is 0 Å². The lowest BCUT2D eigenvalue weighted by Crippen LogP contribution is -1.99. The first-order chi connectivity index (χ1) is 6.02. The zero-order valence-corrected chi connectivity index (χ0v) is 9.23. The van der Waals surface area contributed by atoms with Crippen LogP contribution in [0.5, 0.6) is 0 Å². The Kier molecular flexibility index (Phi) is 3.39. The zero-order chi connectivity index (χ0) is 9.90. The Morgan fingerprint density at radius 2 is 1.69 bits per heavy atom. The molecule has 0 aromatic heterocycles. The third-order valence-electron chi connectivity index (χ3n) is 1.35. The number of hydrogen-bond donors (Lipinski definition) is 0. The zero-order valence-electron chi connectivity index (χ0n) is 7.60. The van der Waals surface area contributed by atoms with Crippen molar-refractivity contribution in [1.82, 2.24) is 0 Å². The summed E-state index contributed by atoms with van der Waals surface area (Å²) in [6, 6.07) is 8.50. The number of hydrogen-bond acceptors (Lipinski definition) is 3. The van der Waals surface area contributed by atoms with Gasteiger partial charge in [0.2, 0.25) is 8.87 Å². The molecule has 0 N–H and O–H groups in total. The van der Waals surface area contributed by atoms with E-state index in [1.54, 1.807) is 30.3 Å². The van der Waals surface area contributed by atoms with Gasteiger partial charge in [0.15, 0.2) is 0 Å². The third-order valence-corrected chi connectivity index (χ3v) is 5.33. The molecule has 0 atom stereocenters. The molecule has 0 unspecified atom stereocenters. The highest BCUT2D eigenvalue weighted by Crippen LogP contribution is 2.26. The monoisotopic (exact) mass is 216 g/mol. The minimum Gasteiger partial charge on any atom is -0.212 e. The Morgan fingerprint density at radius 1 is 1.15 bits per heavy atom. The Hall–Kier alpha value is -0.480. The second-order valence-corrected chi connectivity index (χ2v) is 7.32. The summed E-state index contributed by atoms with van der Waals surface area (Å²) in [5, 5.41) is 0.0882. The fourth-order valence-corrected chi connectivity index (χ4v) is 4.19. The smallest absolute Gasteiger partial charge is 0.212 e. The topological polar surface area (TPSA) is 34.1 Å². The first-order valence-electron chi connectivity index (χ1n) is 4.01. The summed E-state index contributed by atoms with van der Waals surface area (Å²) in [4.78, 5) is 0.383. The molecule has 0 saturated heterocycles. The predicted molar refractivity (Wildman–Crippen MR) is 56.4 cm³/mol. The first-order valence-corrected chi connectivity index (χ1v) is 6.88. The summed E-state index contributed by atoms with van der Waals surface area (Å²) in [6.07, 6.45) is 0. The number of rotatable bonds is 3. The maximum Gasteiger partial charge on any atom is 0.230 e. The van der Waals surface area contributed by atoms with Crippen LogP contribution in [0.3, 0.4) is 0 Å². The Morgan fingerprint density at radius 3 is 2.15 bits per heavy atom. The van der Waals surface area contributed by atoms with Gasteiger partial charge in [-0.2, -0.15) is 0 Å². The molecule has 0 aliphatic heterocycles. The van der Waals surface area contributed by atoms with Crippen LogP contribution in [0.25, 0.3) is 0 Å². The van der Waals surface area contributed by atoms with Crippen molar-refractivity contribution < 1.29 is 8.42 Å². The molecule has 72 valence electrons. The molecule has 0 amide bonds. The van der Waals surface area contributed by atoms with Gasteiger partial charge in [0, 0.05) is 5.25 Å². The average Bonchev–Trinajstić information content (AvgIpc) is 2.04. The van der Waals surface area contributed by atoms with E-state index in [2.05, 4.69) is 0 Å². The van der Waals surface area contributed by atoms with Crippen molar-refractivity contribution in [3.63, 3.8) is 0 Å². The van der Waals surface area contributed by atoms with Gasteiger partial charge >= 0.3 is 0 Å². The van der Waals surface area contributed by atoms with E-state index in [0.29, 0.717) is 4.90 Å². The minimum absolute atomic E-state index is 0.0882. The lowest BCUT2D eigenvalue weighted by molar-refractivity contribution is 0.610. The normalized spacial score (nSPS) is 11.9.